The van der Waals surface area contributed by atoms with E-state index in [4.69, 9.17) is 18.9 Å². The third kappa shape index (κ3) is 18.3. The molecule has 13 nitrogen and oxygen atoms in total. The van der Waals surface area contributed by atoms with Gasteiger partial charge in [-0.05, 0) is 128 Å². The molecule has 57 heavy (non-hydrogen) atoms. The molecule has 3 N–H and O–H groups in total. The molecule has 1 fully saturated rings. The van der Waals surface area contributed by atoms with Gasteiger partial charge in [0.1, 0.15) is 29.0 Å². The van der Waals surface area contributed by atoms with E-state index in [1.807, 2.05) is 83.1 Å². The predicted molar refractivity (Wildman–Crippen MR) is 219 cm³/mol. The molecule has 3 atom stereocenters. The van der Waals surface area contributed by atoms with E-state index in [2.05, 4.69) is 16.0 Å². The zero-order chi connectivity index (χ0) is 42.0. The van der Waals surface area contributed by atoms with Gasteiger partial charge in [0.15, 0.2) is 0 Å². The van der Waals surface area contributed by atoms with E-state index >= 15 is 0 Å². The number of rotatable bonds is 20. The van der Waals surface area contributed by atoms with Crippen molar-refractivity contribution in [2.24, 2.45) is 5.92 Å². The first-order chi connectivity index (χ1) is 26.9. The maximum atomic E-state index is 13.8. The molecular formula is C44H66N4O9. The van der Waals surface area contributed by atoms with Gasteiger partial charge in [-0.1, -0.05) is 49.7 Å². The second-order valence-corrected chi connectivity index (χ2v) is 16.8. The molecule has 1 aliphatic rings. The number of esters is 1. The highest BCUT2D eigenvalue weighted by molar-refractivity contribution is 5.91. The number of amides is 4. The summed E-state index contributed by atoms with van der Waals surface area (Å²) in [6, 6.07) is 13.5. The molecule has 0 spiro atoms. The molecule has 0 saturated carbocycles. The number of aryl methyl sites for hydroxylation is 2. The predicted octanol–water partition coefficient (Wildman–Crippen LogP) is 7.16. The van der Waals surface area contributed by atoms with Gasteiger partial charge in [0, 0.05) is 26.1 Å². The van der Waals surface area contributed by atoms with Gasteiger partial charge < -0.3 is 39.8 Å². The Morgan fingerprint density at radius 3 is 2.23 bits per heavy atom. The van der Waals surface area contributed by atoms with Crippen molar-refractivity contribution in [3.05, 3.63) is 65.2 Å². The second kappa shape index (κ2) is 22.8. The SMILES string of the molecule is CCCCOC(=O)N[C@@H](CCCC(=O)OC(C)(C)C)C(=O)N[C@@H](CCc1ccccc1)C(=O)NCc1cc(OCCC2CCN(C(=O)OC(C)(C)C)C2)ccc1C. The summed E-state index contributed by atoms with van der Waals surface area (Å²) in [5, 5.41) is 8.53. The number of nitrogens with zero attached hydrogens (tertiary/aromatic N) is 1. The van der Waals surface area contributed by atoms with Crippen LogP contribution in [0, 0.1) is 12.8 Å². The third-order valence-corrected chi connectivity index (χ3v) is 9.34. The smallest absolute Gasteiger partial charge is 0.410 e. The van der Waals surface area contributed by atoms with Crippen molar-refractivity contribution in [3.63, 3.8) is 0 Å². The highest BCUT2D eigenvalue weighted by Gasteiger charge is 2.30. The van der Waals surface area contributed by atoms with E-state index in [1.165, 1.54) is 0 Å². The van der Waals surface area contributed by atoms with Crippen LogP contribution in [0.25, 0.3) is 0 Å². The largest absolute Gasteiger partial charge is 0.494 e. The number of likely N-dealkylation sites (tertiary alicyclic amines) is 1. The zero-order valence-electron chi connectivity index (χ0n) is 35.4. The quantitative estimate of drug-likeness (QED) is 0.0718. The van der Waals surface area contributed by atoms with E-state index in [-0.39, 0.29) is 44.4 Å². The molecule has 13 heteroatoms. The zero-order valence-corrected chi connectivity index (χ0v) is 35.4. The van der Waals surface area contributed by atoms with Crippen LogP contribution in [0.15, 0.2) is 48.5 Å². The van der Waals surface area contributed by atoms with Crippen LogP contribution in [0.2, 0.25) is 0 Å². The summed E-state index contributed by atoms with van der Waals surface area (Å²) in [7, 11) is 0. The Kier molecular flexibility index (Phi) is 18.6. The van der Waals surface area contributed by atoms with Crippen molar-refractivity contribution in [1.29, 1.82) is 0 Å². The lowest BCUT2D eigenvalue weighted by Crippen LogP contribution is -2.54. The maximum Gasteiger partial charge on any atom is 0.410 e. The average molecular weight is 795 g/mol. The number of nitrogens with one attached hydrogen (secondary N) is 3. The molecule has 2 aromatic rings. The van der Waals surface area contributed by atoms with E-state index in [1.54, 1.807) is 25.7 Å². The van der Waals surface area contributed by atoms with Gasteiger partial charge in [0.2, 0.25) is 11.8 Å². The van der Waals surface area contributed by atoms with Crippen molar-refractivity contribution in [3.8, 4) is 5.75 Å². The van der Waals surface area contributed by atoms with Crippen LogP contribution < -0.4 is 20.7 Å². The Labute approximate surface area is 339 Å². The van der Waals surface area contributed by atoms with Gasteiger partial charge in [-0.2, -0.15) is 0 Å². The average Bonchev–Trinajstić information content (AvgIpc) is 3.61. The fourth-order valence-electron chi connectivity index (χ4n) is 6.24. The third-order valence-electron chi connectivity index (χ3n) is 9.34. The number of alkyl carbamates (subject to hydrolysis) is 1. The summed E-state index contributed by atoms with van der Waals surface area (Å²) in [4.78, 5) is 66.9. The van der Waals surface area contributed by atoms with Gasteiger partial charge in [0.25, 0.3) is 0 Å². The van der Waals surface area contributed by atoms with E-state index in [9.17, 15) is 24.0 Å². The number of hydrogen-bond acceptors (Lipinski definition) is 9. The van der Waals surface area contributed by atoms with E-state index in [0.29, 0.717) is 50.6 Å². The van der Waals surface area contributed by atoms with Crippen LogP contribution in [-0.4, -0.2) is 84.5 Å². The summed E-state index contributed by atoms with van der Waals surface area (Å²) in [5.41, 5.74) is 1.65. The number of carbonyl (C=O) groups excluding carboxylic acids is 5. The first-order valence-corrected chi connectivity index (χ1v) is 20.4. The lowest BCUT2D eigenvalue weighted by Gasteiger charge is -2.24. The van der Waals surface area contributed by atoms with Crippen molar-refractivity contribution >= 4 is 30.0 Å². The van der Waals surface area contributed by atoms with Crippen molar-refractivity contribution in [1.82, 2.24) is 20.9 Å². The maximum absolute atomic E-state index is 13.8. The molecule has 0 aromatic heterocycles. The topological polar surface area (TPSA) is 162 Å². The van der Waals surface area contributed by atoms with Crippen molar-refractivity contribution < 1.29 is 42.9 Å². The first-order valence-electron chi connectivity index (χ1n) is 20.4. The van der Waals surface area contributed by atoms with Crippen LogP contribution >= 0.6 is 0 Å². The summed E-state index contributed by atoms with van der Waals surface area (Å²) in [5.74, 6) is -0.345. The monoisotopic (exact) mass is 794 g/mol. The lowest BCUT2D eigenvalue weighted by atomic mass is 10.0. The fraction of sp³-hybridized carbons (Fsp3) is 0.614. The van der Waals surface area contributed by atoms with Crippen LogP contribution in [-0.2, 0) is 41.6 Å². The Morgan fingerprint density at radius 1 is 0.842 bits per heavy atom. The Balaban J connectivity index is 1.65. The van der Waals surface area contributed by atoms with Crippen molar-refractivity contribution in [2.45, 2.75) is 143 Å². The number of benzene rings is 2. The highest BCUT2D eigenvalue weighted by atomic mass is 16.6. The lowest BCUT2D eigenvalue weighted by molar-refractivity contribution is -0.155. The standard InChI is InChI=1S/C44H66N4O9/c1-9-10-26-55-41(52)47-36(17-14-18-38(49)56-43(3,4)5)40(51)46-37(22-20-32-15-12-11-13-16-32)39(50)45-29-34-28-35(21-19-31(34)2)54-27-24-33-23-25-48(30-33)42(53)57-44(6,7)8/h11-13,15-16,19,21,28,33,36-37H,9-10,14,17-18,20,22-27,29-30H2,1-8H3,(H,45,50)(H,46,51)(H,47,52)/t33?,36-,37-/m0/s1. The minimum absolute atomic E-state index is 0.0565. The van der Waals surface area contributed by atoms with Gasteiger partial charge in [-0.15, -0.1) is 0 Å². The number of hydrogen-bond donors (Lipinski definition) is 3. The second-order valence-electron chi connectivity index (χ2n) is 16.8. The molecule has 316 valence electrons. The molecule has 3 rings (SSSR count). The molecule has 0 bridgehead atoms. The van der Waals surface area contributed by atoms with Crippen molar-refractivity contribution in [2.75, 3.05) is 26.3 Å². The van der Waals surface area contributed by atoms with Gasteiger partial charge in [0.05, 0.1) is 13.2 Å². The number of unbranched alkanes of at least 4 members (excludes halogenated alkanes) is 1. The van der Waals surface area contributed by atoms with Gasteiger partial charge in [-0.3, -0.25) is 14.4 Å². The highest BCUT2D eigenvalue weighted by Crippen LogP contribution is 2.24. The summed E-state index contributed by atoms with van der Waals surface area (Å²) in [6.07, 6.45) is 3.45. The number of ether oxygens (including phenoxy) is 4. The Bertz CT molecular complexity index is 1600. The van der Waals surface area contributed by atoms with Crippen LogP contribution in [0.1, 0.15) is 117 Å². The minimum Gasteiger partial charge on any atom is -0.494 e. The summed E-state index contributed by atoms with van der Waals surface area (Å²) < 4.78 is 22.3. The molecule has 0 radical (unpaired) electrons. The molecule has 1 saturated heterocycles. The molecule has 1 unspecified atom stereocenters. The van der Waals surface area contributed by atoms with Crippen LogP contribution in [0.5, 0.6) is 5.75 Å². The minimum atomic E-state index is -1.05. The molecule has 1 aliphatic heterocycles. The van der Waals surface area contributed by atoms with E-state index in [0.717, 1.165) is 36.0 Å². The molecule has 4 amide bonds. The Morgan fingerprint density at radius 2 is 1.54 bits per heavy atom. The molecule has 2 aromatic carbocycles. The summed E-state index contributed by atoms with van der Waals surface area (Å²) in [6.45, 7) is 17.0. The summed E-state index contributed by atoms with van der Waals surface area (Å²) >= 11 is 0. The van der Waals surface area contributed by atoms with Crippen LogP contribution in [0.4, 0.5) is 9.59 Å². The van der Waals surface area contributed by atoms with Gasteiger partial charge >= 0.3 is 18.2 Å². The molecule has 0 aliphatic carbocycles. The Hall–Kier alpha value is -4.81. The molecule has 1 heterocycles. The normalized spacial score (nSPS) is 15.2. The molecular weight excluding hydrogens is 729 g/mol. The van der Waals surface area contributed by atoms with E-state index < -0.39 is 41.3 Å². The fourth-order valence-corrected chi connectivity index (χ4v) is 6.24. The first kappa shape index (κ1) is 46.6. The van der Waals surface area contributed by atoms with Crippen LogP contribution in [0.3, 0.4) is 0 Å². The number of carbonyl (C=O) groups is 5. The van der Waals surface area contributed by atoms with Gasteiger partial charge in [-0.25, -0.2) is 9.59 Å².